The lowest BCUT2D eigenvalue weighted by atomic mass is 10.1. The zero-order valence-corrected chi connectivity index (χ0v) is 8.98. The van der Waals surface area contributed by atoms with Crippen LogP contribution in [0, 0.1) is 0 Å². The van der Waals surface area contributed by atoms with Crippen molar-refractivity contribution in [3.05, 3.63) is 45.9 Å². The molecule has 0 saturated heterocycles. The highest BCUT2D eigenvalue weighted by Crippen LogP contribution is 2.11. The van der Waals surface area contributed by atoms with Crippen LogP contribution < -0.4 is 0 Å². The summed E-state index contributed by atoms with van der Waals surface area (Å²) < 4.78 is 0. The van der Waals surface area contributed by atoms with E-state index in [9.17, 15) is 0 Å². The number of hydrogen-bond donors (Lipinski definition) is 0. The Hall–Kier alpha value is -0.270. The molecule has 0 aromatic heterocycles. The van der Waals surface area contributed by atoms with Crippen LogP contribution in [0.3, 0.4) is 0 Å². The van der Waals surface area contributed by atoms with Crippen molar-refractivity contribution in [3.63, 3.8) is 0 Å². The van der Waals surface area contributed by atoms with Crippen LogP contribution in [0.25, 0.3) is 0 Å². The van der Waals surface area contributed by atoms with Crippen LogP contribution in [0.5, 0.6) is 0 Å². The maximum absolute atomic E-state index is 5.75. The summed E-state index contributed by atoms with van der Waals surface area (Å²) in [7, 11) is 0. The quantitative estimate of drug-likeness (QED) is 0.749. The Bertz CT molecular complexity index is 251. The maximum atomic E-state index is 5.75. The number of hydrogen-bond acceptors (Lipinski definition) is 0. The van der Waals surface area contributed by atoms with Crippen LogP contribution in [-0.4, -0.2) is 0 Å². The van der Waals surface area contributed by atoms with Crippen LogP contribution in [0.15, 0.2) is 35.3 Å². The van der Waals surface area contributed by atoms with E-state index in [0.29, 0.717) is 0 Å². The van der Waals surface area contributed by atoms with Gasteiger partial charge in [-0.25, -0.2) is 0 Å². The molecule has 0 N–H and O–H groups in total. The van der Waals surface area contributed by atoms with Gasteiger partial charge in [-0.15, -0.1) is 0 Å². The first-order valence-electron chi connectivity index (χ1n) is 3.82. The smallest absolute Gasteiger partial charge is 0.0406 e. The first-order valence-corrected chi connectivity index (χ1v) is 5.12. The van der Waals surface area contributed by atoms with Crippen LogP contribution in [-0.2, 0) is 6.42 Å². The molecule has 0 amide bonds. The Morgan fingerprint density at radius 1 is 1.25 bits per heavy atom. The molecule has 0 aliphatic carbocycles. The number of halogens is 2. The van der Waals surface area contributed by atoms with Gasteiger partial charge in [0.25, 0.3) is 0 Å². The summed E-state index contributed by atoms with van der Waals surface area (Å²) >= 11 is 8.98. The van der Waals surface area contributed by atoms with E-state index < -0.39 is 0 Å². The van der Waals surface area contributed by atoms with Crippen molar-refractivity contribution < 1.29 is 0 Å². The van der Waals surface area contributed by atoms with Gasteiger partial charge >= 0.3 is 0 Å². The molecule has 0 unspecified atom stereocenters. The van der Waals surface area contributed by atoms with Crippen molar-refractivity contribution in [1.82, 2.24) is 0 Å². The van der Waals surface area contributed by atoms with E-state index in [1.54, 1.807) is 0 Å². The van der Waals surface area contributed by atoms with Crippen molar-refractivity contribution in [3.8, 4) is 0 Å². The van der Waals surface area contributed by atoms with Crippen molar-refractivity contribution in [2.24, 2.45) is 0 Å². The van der Waals surface area contributed by atoms with Crippen molar-refractivity contribution in [1.29, 1.82) is 0 Å². The molecule has 0 bridgehead atoms. The minimum Gasteiger partial charge on any atom is -0.0843 e. The van der Waals surface area contributed by atoms with Gasteiger partial charge in [0, 0.05) is 5.02 Å². The third kappa shape index (κ3) is 3.42. The Balaban J connectivity index is 2.47. The van der Waals surface area contributed by atoms with Crippen molar-refractivity contribution in [2.75, 3.05) is 0 Å². The molecule has 0 fully saturated rings. The molecule has 0 nitrogen and oxygen atoms in total. The van der Waals surface area contributed by atoms with Crippen LogP contribution in [0.4, 0.5) is 0 Å². The number of aryl methyl sites for hydroxylation is 1. The molecule has 0 heterocycles. The normalized spacial score (nSPS) is 10.8. The molecule has 1 rings (SSSR count). The summed E-state index contributed by atoms with van der Waals surface area (Å²) in [5, 5.41) is 0.801. The standard InChI is InChI=1S/C10H10BrCl/c11-8-2-1-3-9-4-6-10(12)7-5-9/h2,4-8H,1,3H2. The summed E-state index contributed by atoms with van der Waals surface area (Å²) in [5.41, 5.74) is 1.32. The Kier molecular flexibility index (Phi) is 4.41. The maximum Gasteiger partial charge on any atom is 0.0406 e. The zero-order chi connectivity index (χ0) is 8.81. The highest BCUT2D eigenvalue weighted by molar-refractivity contribution is 9.11. The molecule has 0 saturated carbocycles. The molecule has 0 atom stereocenters. The second-order valence-electron chi connectivity index (χ2n) is 2.53. The molecule has 0 radical (unpaired) electrons. The molecule has 0 aliphatic rings. The predicted molar refractivity (Wildman–Crippen MR) is 57.8 cm³/mol. The van der Waals surface area contributed by atoms with Gasteiger partial charge in [-0.1, -0.05) is 45.7 Å². The lowest BCUT2D eigenvalue weighted by Crippen LogP contribution is -1.81. The first kappa shape index (κ1) is 9.82. The van der Waals surface area contributed by atoms with Gasteiger partial charge in [0.1, 0.15) is 0 Å². The number of benzene rings is 1. The van der Waals surface area contributed by atoms with E-state index in [-0.39, 0.29) is 0 Å². The molecule has 2 heteroatoms. The van der Waals surface area contributed by atoms with Gasteiger partial charge in [-0.05, 0) is 35.5 Å². The van der Waals surface area contributed by atoms with E-state index in [2.05, 4.69) is 34.1 Å². The Morgan fingerprint density at radius 3 is 2.50 bits per heavy atom. The van der Waals surface area contributed by atoms with Gasteiger partial charge < -0.3 is 0 Å². The van der Waals surface area contributed by atoms with Crippen molar-refractivity contribution >= 4 is 27.5 Å². The van der Waals surface area contributed by atoms with Gasteiger partial charge in [-0.2, -0.15) is 0 Å². The fourth-order valence-corrected chi connectivity index (χ4v) is 1.35. The highest BCUT2D eigenvalue weighted by Gasteiger charge is 1.90. The van der Waals surface area contributed by atoms with E-state index >= 15 is 0 Å². The average molecular weight is 246 g/mol. The minimum atomic E-state index is 0.801. The largest absolute Gasteiger partial charge is 0.0843 e. The van der Waals surface area contributed by atoms with Crippen molar-refractivity contribution in [2.45, 2.75) is 12.8 Å². The molecule has 0 aliphatic heterocycles. The van der Waals surface area contributed by atoms with Crippen LogP contribution in [0.2, 0.25) is 5.02 Å². The molecule has 1 aromatic carbocycles. The van der Waals surface area contributed by atoms with Crippen LogP contribution in [0.1, 0.15) is 12.0 Å². The second kappa shape index (κ2) is 5.39. The molecular formula is C10H10BrCl. The summed E-state index contributed by atoms with van der Waals surface area (Å²) in [6.07, 6.45) is 4.22. The third-order valence-electron chi connectivity index (χ3n) is 1.60. The Morgan fingerprint density at radius 2 is 1.92 bits per heavy atom. The van der Waals surface area contributed by atoms with E-state index in [4.69, 9.17) is 11.6 Å². The summed E-state index contributed by atoms with van der Waals surface area (Å²) in [5.74, 6) is 0. The fourth-order valence-electron chi connectivity index (χ4n) is 0.964. The van der Waals surface area contributed by atoms with E-state index in [0.717, 1.165) is 17.9 Å². The van der Waals surface area contributed by atoms with E-state index in [1.165, 1.54) is 5.56 Å². The van der Waals surface area contributed by atoms with Crippen LogP contribution >= 0.6 is 27.5 Å². The molecule has 1 aromatic rings. The van der Waals surface area contributed by atoms with Gasteiger partial charge in [0.05, 0.1) is 0 Å². The topological polar surface area (TPSA) is 0 Å². The summed E-state index contributed by atoms with van der Waals surface area (Å²) in [6.45, 7) is 0. The fraction of sp³-hybridized carbons (Fsp3) is 0.200. The van der Waals surface area contributed by atoms with Gasteiger partial charge in [-0.3, -0.25) is 0 Å². The lowest BCUT2D eigenvalue weighted by molar-refractivity contribution is 1.00. The van der Waals surface area contributed by atoms with Gasteiger partial charge in [0.15, 0.2) is 0 Å². The first-order chi connectivity index (χ1) is 5.83. The molecule has 12 heavy (non-hydrogen) atoms. The summed E-state index contributed by atoms with van der Waals surface area (Å²) in [4.78, 5) is 1.89. The predicted octanol–water partition coefficient (Wildman–Crippen LogP) is 4.18. The molecule has 0 spiro atoms. The second-order valence-corrected chi connectivity index (χ2v) is 3.49. The minimum absolute atomic E-state index is 0.801. The lowest BCUT2D eigenvalue weighted by Gasteiger charge is -1.97. The van der Waals surface area contributed by atoms with Gasteiger partial charge in [0.2, 0.25) is 0 Å². The Labute approximate surface area is 86.4 Å². The third-order valence-corrected chi connectivity index (χ3v) is 2.23. The highest BCUT2D eigenvalue weighted by atomic mass is 79.9. The number of rotatable bonds is 3. The SMILES string of the molecule is Clc1ccc(CCC=CBr)cc1. The zero-order valence-electron chi connectivity index (χ0n) is 6.63. The monoisotopic (exact) mass is 244 g/mol. The molecule has 64 valence electrons. The summed E-state index contributed by atoms with van der Waals surface area (Å²) in [6, 6.07) is 7.97. The van der Waals surface area contributed by atoms with E-state index in [1.807, 2.05) is 17.1 Å². The molecular weight excluding hydrogens is 235 g/mol. The average Bonchev–Trinajstić information content (AvgIpc) is 2.09. The number of allylic oxidation sites excluding steroid dienone is 1.